The number of hydrogen-bond acceptors (Lipinski definition) is 4. The summed E-state index contributed by atoms with van der Waals surface area (Å²) in [6, 6.07) is 19.7. The molecule has 1 heterocycles. The highest BCUT2D eigenvalue weighted by Gasteiger charge is 2.40. The molecule has 0 atom stereocenters. The smallest absolute Gasteiger partial charge is 0.119 e. The third-order valence-corrected chi connectivity index (χ3v) is 7.63. The average Bonchev–Trinajstić information content (AvgIpc) is 3.04. The molecular weight excluding hydrogens is 324 g/mol. The number of phenols is 2. The molecule has 116 valence electrons. The molecule has 0 aromatic heterocycles. The molecule has 2 nitrogen and oxygen atoms in total. The standard InChI is InChI=1S/C19H16O2S2/c20-15-10-14(11-16(21)12-15)19(22-8-9-23-19)18-7-3-5-13-4-1-2-6-17(13)18/h1-7,10-12,20-21H,8-9H2. The molecule has 3 aromatic rings. The summed E-state index contributed by atoms with van der Waals surface area (Å²) in [6.45, 7) is 0. The number of rotatable bonds is 2. The zero-order chi connectivity index (χ0) is 15.9. The Morgan fingerprint density at radius 1 is 0.783 bits per heavy atom. The van der Waals surface area contributed by atoms with E-state index in [0.29, 0.717) is 0 Å². The van der Waals surface area contributed by atoms with Gasteiger partial charge in [0.1, 0.15) is 15.6 Å². The first-order valence-corrected chi connectivity index (χ1v) is 9.46. The maximum absolute atomic E-state index is 9.95. The molecule has 0 spiro atoms. The van der Waals surface area contributed by atoms with Crippen LogP contribution < -0.4 is 0 Å². The van der Waals surface area contributed by atoms with Crippen molar-refractivity contribution in [1.82, 2.24) is 0 Å². The van der Waals surface area contributed by atoms with Crippen molar-refractivity contribution in [3.8, 4) is 11.5 Å². The molecule has 4 rings (SSSR count). The number of hydrogen-bond donors (Lipinski definition) is 2. The van der Waals surface area contributed by atoms with Crippen molar-refractivity contribution in [3.05, 3.63) is 71.8 Å². The minimum atomic E-state index is -0.295. The molecule has 3 aromatic carbocycles. The molecule has 4 heteroatoms. The molecule has 2 N–H and O–H groups in total. The number of aromatic hydroxyl groups is 2. The molecule has 1 fully saturated rings. The average molecular weight is 340 g/mol. The maximum atomic E-state index is 9.95. The Bertz CT molecular complexity index is 845. The van der Waals surface area contributed by atoms with Crippen LogP contribution in [-0.4, -0.2) is 21.7 Å². The number of thioether (sulfide) groups is 2. The van der Waals surface area contributed by atoms with Gasteiger partial charge in [0.05, 0.1) is 0 Å². The fraction of sp³-hybridized carbons (Fsp3) is 0.158. The zero-order valence-electron chi connectivity index (χ0n) is 12.4. The van der Waals surface area contributed by atoms with E-state index in [1.165, 1.54) is 22.4 Å². The van der Waals surface area contributed by atoms with Gasteiger partial charge in [-0.05, 0) is 34.0 Å². The summed E-state index contributed by atoms with van der Waals surface area (Å²) in [7, 11) is 0. The summed E-state index contributed by atoms with van der Waals surface area (Å²) in [6.07, 6.45) is 0. The zero-order valence-corrected chi connectivity index (χ0v) is 14.0. The Hall–Kier alpha value is -1.78. The second-order valence-corrected chi connectivity index (χ2v) is 8.46. The highest BCUT2D eigenvalue weighted by Crippen LogP contribution is 2.58. The molecule has 1 aliphatic heterocycles. The van der Waals surface area contributed by atoms with Crippen LogP contribution >= 0.6 is 23.5 Å². The lowest BCUT2D eigenvalue weighted by atomic mass is 9.97. The van der Waals surface area contributed by atoms with Gasteiger partial charge in [0.15, 0.2) is 0 Å². The molecule has 0 amide bonds. The van der Waals surface area contributed by atoms with Crippen molar-refractivity contribution in [3.63, 3.8) is 0 Å². The molecule has 1 saturated heterocycles. The molecule has 0 saturated carbocycles. The third-order valence-electron chi connectivity index (χ3n) is 4.12. The molecule has 0 bridgehead atoms. The largest absolute Gasteiger partial charge is 0.508 e. The van der Waals surface area contributed by atoms with Crippen LogP contribution in [0.1, 0.15) is 11.1 Å². The fourth-order valence-electron chi connectivity index (χ4n) is 3.19. The Morgan fingerprint density at radius 2 is 1.43 bits per heavy atom. The van der Waals surface area contributed by atoms with Crippen LogP contribution in [-0.2, 0) is 4.08 Å². The summed E-state index contributed by atoms with van der Waals surface area (Å²) in [5.74, 6) is 2.30. The monoisotopic (exact) mass is 340 g/mol. The van der Waals surface area contributed by atoms with Crippen molar-refractivity contribution >= 4 is 34.3 Å². The van der Waals surface area contributed by atoms with Crippen molar-refractivity contribution in [2.75, 3.05) is 11.5 Å². The summed E-state index contributed by atoms with van der Waals surface area (Å²) >= 11 is 3.74. The van der Waals surface area contributed by atoms with Gasteiger partial charge in [-0.2, -0.15) is 0 Å². The summed E-state index contributed by atoms with van der Waals surface area (Å²) in [5, 5.41) is 22.3. The van der Waals surface area contributed by atoms with Crippen LogP contribution in [0.3, 0.4) is 0 Å². The molecule has 23 heavy (non-hydrogen) atoms. The number of fused-ring (bicyclic) bond motifs is 1. The lowest BCUT2D eigenvalue weighted by molar-refractivity contribution is 0.449. The van der Waals surface area contributed by atoms with Gasteiger partial charge in [-0.25, -0.2) is 0 Å². The third kappa shape index (κ3) is 2.46. The van der Waals surface area contributed by atoms with E-state index >= 15 is 0 Å². The van der Waals surface area contributed by atoms with Gasteiger partial charge in [0, 0.05) is 17.6 Å². The van der Waals surface area contributed by atoms with Crippen LogP contribution in [0.25, 0.3) is 10.8 Å². The first kappa shape index (κ1) is 14.8. The van der Waals surface area contributed by atoms with Crippen molar-refractivity contribution in [2.24, 2.45) is 0 Å². The quantitative estimate of drug-likeness (QED) is 0.694. The first-order valence-electron chi connectivity index (χ1n) is 7.49. The van der Waals surface area contributed by atoms with Crippen LogP contribution in [0.2, 0.25) is 0 Å². The van der Waals surface area contributed by atoms with E-state index in [4.69, 9.17) is 0 Å². The predicted molar refractivity (Wildman–Crippen MR) is 99.4 cm³/mol. The van der Waals surface area contributed by atoms with Gasteiger partial charge in [-0.15, -0.1) is 23.5 Å². The molecule has 0 radical (unpaired) electrons. The van der Waals surface area contributed by atoms with Crippen LogP contribution in [0, 0.1) is 0 Å². The molecule has 0 unspecified atom stereocenters. The van der Waals surface area contributed by atoms with Crippen LogP contribution in [0.15, 0.2) is 60.7 Å². The van der Waals surface area contributed by atoms with E-state index in [2.05, 4.69) is 36.4 Å². The van der Waals surface area contributed by atoms with Gasteiger partial charge in [0.2, 0.25) is 0 Å². The van der Waals surface area contributed by atoms with E-state index in [9.17, 15) is 10.2 Å². The Kier molecular flexibility index (Phi) is 3.66. The highest BCUT2D eigenvalue weighted by atomic mass is 32.2. The summed E-state index contributed by atoms with van der Waals surface area (Å²) in [4.78, 5) is 0. The Balaban J connectivity index is 2.00. The molecule has 0 aliphatic carbocycles. The lowest BCUT2D eigenvalue weighted by Crippen LogP contribution is -2.17. The second kappa shape index (κ2) is 5.69. The number of phenolic OH excluding ortho intramolecular Hbond substituents is 2. The van der Waals surface area contributed by atoms with E-state index < -0.39 is 0 Å². The molecule has 1 aliphatic rings. The van der Waals surface area contributed by atoms with Crippen LogP contribution in [0.4, 0.5) is 0 Å². The van der Waals surface area contributed by atoms with Gasteiger partial charge in [-0.3, -0.25) is 0 Å². The summed E-state index contributed by atoms with van der Waals surface area (Å²) < 4.78 is -0.295. The van der Waals surface area contributed by atoms with Gasteiger partial charge in [0.25, 0.3) is 0 Å². The van der Waals surface area contributed by atoms with E-state index in [1.807, 2.05) is 29.6 Å². The minimum Gasteiger partial charge on any atom is -0.508 e. The van der Waals surface area contributed by atoms with Crippen molar-refractivity contribution < 1.29 is 10.2 Å². The van der Waals surface area contributed by atoms with E-state index in [0.717, 1.165) is 17.1 Å². The van der Waals surface area contributed by atoms with Gasteiger partial charge < -0.3 is 10.2 Å². The van der Waals surface area contributed by atoms with Crippen LogP contribution in [0.5, 0.6) is 11.5 Å². The topological polar surface area (TPSA) is 40.5 Å². The number of benzene rings is 3. The minimum absolute atomic E-state index is 0.104. The second-order valence-electron chi connectivity index (χ2n) is 5.58. The maximum Gasteiger partial charge on any atom is 0.119 e. The first-order chi connectivity index (χ1) is 11.2. The van der Waals surface area contributed by atoms with Gasteiger partial charge in [-0.1, -0.05) is 42.5 Å². The van der Waals surface area contributed by atoms with Crippen molar-refractivity contribution in [1.29, 1.82) is 0 Å². The normalized spacial score (nSPS) is 16.7. The van der Waals surface area contributed by atoms with E-state index in [1.54, 1.807) is 12.1 Å². The predicted octanol–water partition coefficient (Wildman–Crippen LogP) is 4.93. The highest BCUT2D eigenvalue weighted by molar-refractivity contribution is 8.20. The Labute approximate surface area is 143 Å². The molecular formula is C19H16O2S2. The Morgan fingerprint density at radius 3 is 2.17 bits per heavy atom. The SMILES string of the molecule is Oc1cc(O)cc(C2(c3cccc4ccccc34)SCCS2)c1. The fourth-order valence-corrected chi connectivity index (χ4v) is 6.50. The lowest BCUT2D eigenvalue weighted by Gasteiger charge is -2.30. The van der Waals surface area contributed by atoms with E-state index in [-0.39, 0.29) is 15.6 Å². The van der Waals surface area contributed by atoms with Gasteiger partial charge >= 0.3 is 0 Å². The summed E-state index contributed by atoms with van der Waals surface area (Å²) in [5.41, 5.74) is 2.17. The van der Waals surface area contributed by atoms with Crippen molar-refractivity contribution in [2.45, 2.75) is 4.08 Å².